The highest BCUT2D eigenvalue weighted by Gasteiger charge is 2.29. The van der Waals surface area contributed by atoms with Gasteiger partial charge in [0.2, 0.25) is 0 Å². The van der Waals surface area contributed by atoms with Crippen molar-refractivity contribution in [3.8, 4) is 0 Å². The largest absolute Gasteiger partial charge is 0.390 e. The Hall–Kier alpha value is -0.200. The Morgan fingerprint density at radius 2 is 1.40 bits per heavy atom. The molecule has 4 atom stereocenters. The van der Waals surface area contributed by atoms with E-state index in [2.05, 4.69) is 0 Å². The maximum Gasteiger partial charge on any atom is 0.110 e. The van der Waals surface area contributed by atoms with Gasteiger partial charge in [-0.15, -0.1) is 0 Å². The van der Waals surface area contributed by atoms with Crippen LogP contribution in [-0.2, 0) is 4.74 Å². The van der Waals surface area contributed by atoms with Crippen molar-refractivity contribution in [1.29, 1.82) is 0 Å². The summed E-state index contributed by atoms with van der Waals surface area (Å²) in [4.78, 5) is 0. The van der Waals surface area contributed by atoms with Crippen LogP contribution >= 0.6 is 0 Å². The third kappa shape index (κ3) is 5.44. The summed E-state index contributed by atoms with van der Waals surface area (Å²) >= 11 is 0. The van der Waals surface area contributed by atoms with E-state index >= 15 is 0 Å². The van der Waals surface area contributed by atoms with Gasteiger partial charge in [0.05, 0.1) is 18.8 Å². The minimum absolute atomic E-state index is 0.0555. The van der Waals surface area contributed by atoms with Crippen molar-refractivity contribution in [2.24, 2.45) is 0 Å². The summed E-state index contributed by atoms with van der Waals surface area (Å²) in [5, 5.41) is 37.6. The first-order valence-electron chi connectivity index (χ1n) is 5.24. The molecule has 0 unspecified atom stereocenters. The molecule has 92 valence electrons. The predicted octanol–water partition coefficient (Wildman–Crippen LogP) is -0.735. The van der Waals surface area contributed by atoms with Crippen LogP contribution in [0.5, 0.6) is 0 Å². The van der Waals surface area contributed by atoms with E-state index in [1.807, 2.05) is 0 Å². The Kier molecular flexibility index (Phi) is 7.04. The molecule has 0 heterocycles. The maximum atomic E-state index is 9.46. The van der Waals surface area contributed by atoms with E-state index in [1.165, 1.54) is 0 Å². The van der Waals surface area contributed by atoms with Gasteiger partial charge in [-0.05, 0) is 20.3 Å². The molecule has 0 aliphatic carbocycles. The van der Waals surface area contributed by atoms with Crippen molar-refractivity contribution in [2.75, 3.05) is 6.61 Å². The number of hydrogen-bond acceptors (Lipinski definition) is 5. The molecular weight excluding hydrogens is 200 g/mol. The normalized spacial score (nSPS) is 20.0. The lowest BCUT2D eigenvalue weighted by Gasteiger charge is -2.26. The molecule has 0 saturated carbocycles. The van der Waals surface area contributed by atoms with Crippen LogP contribution in [0.25, 0.3) is 0 Å². The Morgan fingerprint density at radius 3 is 1.80 bits per heavy atom. The zero-order valence-corrected chi connectivity index (χ0v) is 9.50. The van der Waals surface area contributed by atoms with E-state index < -0.39 is 24.4 Å². The fourth-order valence-electron chi connectivity index (χ4n) is 1.09. The van der Waals surface area contributed by atoms with Crippen LogP contribution in [0, 0.1) is 0 Å². The lowest BCUT2D eigenvalue weighted by Crippen LogP contribution is -2.46. The van der Waals surface area contributed by atoms with Crippen LogP contribution in [0.15, 0.2) is 0 Å². The first-order chi connectivity index (χ1) is 6.90. The molecule has 0 rings (SSSR count). The topological polar surface area (TPSA) is 90.2 Å². The molecule has 0 aromatic heterocycles. The van der Waals surface area contributed by atoms with Gasteiger partial charge in [0.25, 0.3) is 0 Å². The average Bonchev–Trinajstić information content (AvgIpc) is 2.22. The summed E-state index contributed by atoms with van der Waals surface area (Å²) in [5.74, 6) is 0. The highest BCUT2D eigenvalue weighted by atomic mass is 16.5. The van der Waals surface area contributed by atoms with E-state index in [0.717, 1.165) is 0 Å². The fraction of sp³-hybridized carbons (Fsp3) is 1.00. The van der Waals surface area contributed by atoms with Crippen LogP contribution in [0.2, 0.25) is 0 Å². The molecule has 5 nitrogen and oxygen atoms in total. The zero-order chi connectivity index (χ0) is 12.0. The van der Waals surface area contributed by atoms with E-state index in [-0.39, 0.29) is 12.7 Å². The summed E-state index contributed by atoms with van der Waals surface area (Å²) in [7, 11) is 0. The highest BCUT2D eigenvalue weighted by molar-refractivity contribution is 4.80. The Bertz CT molecular complexity index is 162. The first-order valence-corrected chi connectivity index (χ1v) is 5.24. The monoisotopic (exact) mass is 222 g/mol. The number of hydrogen-bond donors (Lipinski definition) is 4. The quantitative estimate of drug-likeness (QED) is 0.456. The Morgan fingerprint density at radius 1 is 0.933 bits per heavy atom. The summed E-state index contributed by atoms with van der Waals surface area (Å²) in [6.07, 6.45) is -4.70. The van der Waals surface area contributed by atoms with Crippen molar-refractivity contribution >= 4 is 0 Å². The predicted molar refractivity (Wildman–Crippen MR) is 55.4 cm³/mol. The van der Waals surface area contributed by atoms with Crippen LogP contribution in [-0.4, -0.2) is 57.6 Å². The number of rotatable bonds is 7. The molecule has 0 aliphatic rings. The van der Waals surface area contributed by atoms with Gasteiger partial charge in [0.1, 0.15) is 18.3 Å². The molecule has 0 fully saturated rings. The molecule has 5 heteroatoms. The van der Waals surface area contributed by atoms with Crippen LogP contribution in [0.3, 0.4) is 0 Å². The molecule has 0 bridgehead atoms. The van der Waals surface area contributed by atoms with Gasteiger partial charge in [0.15, 0.2) is 0 Å². The second kappa shape index (κ2) is 7.14. The second-order valence-electron chi connectivity index (χ2n) is 3.91. The van der Waals surface area contributed by atoms with Gasteiger partial charge in [-0.2, -0.15) is 0 Å². The van der Waals surface area contributed by atoms with Crippen molar-refractivity contribution in [3.05, 3.63) is 0 Å². The lowest BCUT2D eigenvalue weighted by atomic mass is 10.0. The lowest BCUT2D eigenvalue weighted by molar-refractivity contribution is -0.126. The fourth-order valence-corrected chi connectivity index (χ4v) is 1.09. The van der Waals surface area contributed by atoms with Gasteiger partial charge in [-0.1, -0.05) is 6.92 Å². The number of aliphatic hydroxyl groups excluding tert-OH is 4. The molecule has 0 radical (unpaired) electrons. The Balaban J connectivity index is 4.01. The van der Waals surface area contributed by atoms with E-state index in [0.29, 0.717) is 6.42 Å². The Labute approximate surface area is 90.3 Å². The maximum absolute atomic E-state index is 9.46. The van der Waals surface area contributed by atoms with Crippen molar-refractivity contribution in [1.82, 2.24) is 0 Å². The third-order valence-corrected chi connectivity index (χ3v) is 2.16. The minimum Gasteiger partial charge on any atom is -0.390 e. The SMILES string of the molecule is CC[C@H](O)[C@H](O)[C@@H](O)[C@@H](O)COC(C)C. The summed E-state index contributed by atoms with van der Waals surface area (Å²) in [6.45, 7) is 5.22. The molecular formula is C10H22O5. The average molecular weight is 222 g/mol. The van der Waals surface area contributed by atoms with Gasteiger partial charge in [0, 0.05) is 0 Å². The molecule has 0 aromatic rings. The van der Waals surface area contributed by atoms with Crippen LogP contribution in [0.4, 0.5) is 0 Å². The highest BCUT2D eigenvalue weighted by Crippen LogP contribution is 2.08. The van der Waals surface area contributed by atoms with Crippen molar-refractivity contribution < 1.29 is 25.2 Å². The van der Waals surface area contributed by atoms with Gasteiger partial charge < -0.3 is 25.2 Å². The van der Waals surface area contributed by atoms with E-state index in [4.69, 9.17) is 4.74 Å². The van der Waals surface area contributed by atoms with Crippen molar-refractivity contribution in [2.45, 2.75) is 57.7 Å². The first kappa shape index (κ1) is 14.8. The molecule has 0 spiro atoms. The smallest absolute Gasteiger partial charge is 0.110 e. The summed E-state index contributed by atoms with van der Waals surface area (Å²) < 4.78 is 5.09. The van der Waals surface area contributed by atoms with E-state index in [1.54, 1.807) is 20.8 Å². The molecule has 0 aromatic carbocycles. The summed E-state index contributed by atoms with van der Waals surface area (Å²) in [5.41, 5.74) is 0. The minimum atomic E-state index is -1.39. The molecule has 15 heavy (non-hydrogen) atoms. The van der Waals surface area contributed by atoms with Crippen molar-refractivity contribution in [3.63, 3.8) is 0 Å². The van der Waals surface area contributed by atoms with E-state index in [9.17, 15) is 20.4 Å². The number of ether oxygens (including phenoxy) is 1. The summed E-state index contributed by atoms with van der Waals surface area (Å²) in [6, 6.07) is 0. The molecule has 0 aliphatic heterocycles. The van der Waals surface area contributed by atoms with Gasteiger partial charge >= 0.3 is 0 Å². The molecule has 0 saturated heterocycles. The van der Waals surface area contributed by atoms with Gasteiger partial charge in [-0.25, -0.2) is 0 Å². The standard InChI is InChI=1S/C10H22O5/c1-4-7(11)9(13)10(14)8(12)5-15-6(2)3/h6-14H,4-5H2,1-3H3/t7-,8-,9-,10-/m0/s1. The second-order valence-corrected chi connectivity index (χ2v) is 3.91. The zero-order valence-electron chi connectivity index (χ0n) is 9.50. The number of aliphatic hydroxyl groups is 4. The third-order valence-electron chi connectivity index (χ3n) is 2.16. The molecule has 0 amide bonds. The van der Waals surface area contributed by atoms with Gasteiger partial charge in [-0.3, -0.25) is 0 Å². The van der Waals surface area contributed by atoms with Crippen LogP contribution < -0.4 is 0 Å². The van der Waals surface area contributed by atoms with Crippen LogP contribution in [0.1, 0.15) is 27.2 Å². The molecule has 4 N–H and O–H groups in total.